The van der Waals surface area contributed by atoms with Crippen molar-refractivity contribution in [3.63, 3.8) is 0 Å². The molecule has 0 saturated carbocycles. The van der Waals surface area contributed by atoms with E-state index >= 15 is 0 Å². The lowest BCUT2D eigenvalue weighted by atomic mass is 10.0. The van der Waals surface area contributed by atoms with E-state index in [1.54, 1.807) is 12.4 Å². The van der Waals surface area contributed by atoms with Crippen LogP contribution < -0.4 is 5.73 Å². The van der Waals surface area contributed by atoms with Crippen LogP contribution >= 0.6 is 0 Å². The van der Waals surface area contributed by atoms with Crippen LogP contribution in [-0.2, 0) is 6.54 Å². The molecule has 1 heterocycles. The van der Waals surface area contributed by atoms with Gasteiger partial charge in [0.15, 0.2) is 0 Å². The first kappa shape index (κ1) is 15.1. The number of hydrogen-bond acceptors (Lipinski definition) is 4. The first-order valence-electron chi connectivity index (χ1n) is 6.72. The summed E-state index contributed by atoms with van der Waals surface area (Å²) in [7, 11) is 0. The molecule has 0 saturated heterocycles. The van der Waals surface area contributed by atoms with Crippen molar-refractivity contribution in [3.05, 3.63) is 30.1 Å². The van der Waals surface area contributed by atoms with Crippen molar-refractivity contribution in [2.24, 2.45) is 5.73 Å². The van der Waals surface area contributed by atoms with E-state index in [0.717, 1.165) is 25.9 Å². The van der Waals surface area contributed by atoms with Crippen molar-refractivity contribution in [1.82, 2.24) is 9.88 Å². The van der Waals surface area contributed by atoms with Gasteiger partial charge < -0.3 is 10.8 Å². The average Bonchev–Trinajstić information content (AvgIpc) is 2.40. The number of rotatable bonds is 8. The molecular formula is C14H25N3O. The fraction of sp³-hybridized carbons (Fsp3) is 0.643. The first-order valence-corrected chi connectivity index (χ1v) is 6.72. The van der Waals surface area contributed by atoms with Gasteiger partial charge in [-0.2, -0.15) is 0 Å². The van der Waals surface area contributed by atoms with Crippen LogP contribution in [0.25, 0.3) is 0 Å². The molecule has 0 bridgehead atoms. The molecule has 4 heteroatoms. The fourth-order valence-electron chi connectivity index (χ4n) is 2.23. The Morgan fingerprint density at radius 1 is 1.33 bits per heavy atom. The van der Waals surface area contributed by atoms with Crippen molar-refractivity contribution in [3.8, 4) is 0 Å². The highest BCUT2D eigenvalue weighted by Crippen LogP contribution is 2.12. The highest BCUT2D eigenvalue weighted by Gasteiger charge is 2.22. The predicted octanol–water partition coefficient (Wildman–Crippen LogP) is 1.39. The highest BCUT2D eigenvalue weighted by atomic mass is 16.3. The van der Waals surface area contributed by atoms with E-state index in [2.05, 4.69) is 23.7 Å². The molecule has 0 radical (unpaired) electrons. The van der Waals surface area contributed by atoms with Crippen molar-refractivity contribution in [1.29, 1.82) is 0 Å². The molecule has 0 aliphatic rings. The number of nitrogens with two attached hydrogens (primary N) is 1. The molecule has 2 unspecified atom stereocenters. The van der Waals surface area contributed by atoms with Crippen LogP contribution in [0.3, 0.4) is 0 Å². The summed E-state index contributed by atoms with van der Waals surface area (Å²) >= 11 is 0. The standard InChI is InChI=1S/C14H25N3O/c1-3-5-13(15)14(11-18)17(4-2)10-12-6-8-16-9-7-12/h6-9,13-14,18H,3-5,10-11,15H2,1-2H3. The van der Waals surface area contributed by atoms with Gasteiger partial charge in [-0.15, -0.1) is 0 Å². The molecule has 1 aromatic heterocycles. The third kappa shape index (κ3) is 4.37. The van der Waals surface area contributed by atoms with E-state index in [1.165, 1.54) is 5.56 Å². The lowest BCUT2D eigenvalue weighted by Gasteiger charge is -2.33. The third-order valence-corrected chi connectivity index (χ3v) is 3.31. The van der Waals surface area contributed by atoms with Crippen molar-refractivity contribution in [2.75, 3.05) is 13.2 Å². The molecule has 1 aromatic rings. The van der Waals surface area contributed by atoms with Crippen molar-refractivity contribution in [2.45, 2.75) is 45.3 Å². The average molecular weight is 251 g/mol. The number of nitrogens with zero attached hydrogens (tertiary/aromatic N) is 2. The minimum atomic E-state index is 0.0294. The van der Waals surface area contributed by atoms with Gasteiger partial charge in [0, 0.05) is 31.0 Å². The lowest BCUT2D eigenvalue weighted by molar-refractivity contribution is 0.0997. The summed E-state index contributed by atoms with van der Waals surface area (Å²) in [6.45, 7) is 6.02. The molecule has 0 spiro atoms. The number of aliphatic hydroxyl groups excluding tert-OH is 1. The monoisotopic (exact) mass is 251 g/mol. The van der Waals surface area contributed by atoms with E-state index < -0.39 is 0 Å². The normalized spacial score (nSPS) is 14.7. The lowest BCUT2D eigenvalue weighted by Crippen LogP contribution is -2.49. The zero-order valence-corrected chi connectivity index (χ0v) is 11.4. The quantitative estimate of drug-likeness (QED) is 0.733. The maximum absolute atomic E-state index is 9.57. The van der Waals surface area contributed by atoms with Gasteiger partial charge in [0.2, 0.25) is 0 Å². The van der Waals surface area contributed by atoms with E-state index in [0.29, 0.717) is 0 Å². The van der Waals surface area contributed by atoms with Crippen LogP contribution in [-0.4, -0.2) is 40.2 Å². The highest BCUT2D eigenvalue weighted by molar-refractivity contribution is 5.09. The van der Waals surface area contributed by atoms with Gasteiger partial charge in [-0.3, -0.25) is 9.88 Å². The maximum Gasteiger partial charge on any atom is 0.0602 e. The van der Waals surface area contributed by atoms with Crippen LogP contribution in [0.4, 0.5) is 0 Å². The van der Waals surface area contributed by atoms with Gasteiger partial charge >= 0.3 is 0 Å². The first-order chi connectivity index (χ1) is 8.72. The van der Waals surface area contributed by atoms with E-state index in [-0.39, 0.29) is 18.7 Å². The van der Waals surface area contributed by atoms with Crippen LogP contribution in [0, 0.1) is 0 Å². The van der Waals surface area contributed by atoms with Crippen LogP contribution in [0.1, 0.15) is 32.3 Å². The largest absolute Gasteiger partial charge is 0.395 e. The fourth-order valence-corrected chi connectivity index (χ4v) is 2.23. The number of likely N-dealkylation sites (N-methyl/N-ethyl adjacent to an activating group) is 1. The molecule has 0 aliphatic carbocycles. The SMILES string of the molecule is CCCC(N)C(CO)N(CC)Cc1ccncc1. The summed E-state index contributed by atoms with van der Waals surface area (Å²) in [5, 5.41) is 9.57. The summed E-state index contributed by atoms with van der Waals surface area (Å²) in [5.41, 5.74) is 7.36. The Kier molecular flexibility index (Phi) is 6.86. The van der Waals surface area contributed by atoms with Crippen LogP contribution in [0.5, 0.6) is 0 Å². The van der Waals surface area contributed by atoms with Crippen molar-refractivity contribution < 1.29 is 5.11 Å². The second kappa shape index (κ2) is 8.19. The van der Waals surface area contributed by atoms with Gasteiger partial charge in [0.25, 0.3) is 0 Å². The van der Waals surface area contributed by atoms with Crippen LogP contribution in [0.15, 0.2) is 24.5 Å². The van der Waals surface area contributed by atoms with E-state index in [9.17, 15) is 5.11 Å². The second-order valence-electron chi connectivity index (χ2n) is 4.62. The molecule has 1 rings (SSSR count). The molecule has 102 valence electrons. The summed E-state index contributed by atoms with van der Waals surface area (Å²) in [5.74, 6) is 0. The molecule has 18 heavy (non-hydrogen) atoms. The number of hydrogen-bond donors (Lipinski definition) is 2. The van der Waals surface area contributed by atoms with Gasteiger partial charge in [-0.05, 0) is 30.7 Å². The van der Waals surface area contributed by atoms with Gasteiger partial charge in [0.05, 0.1) is 6.61 Å². The van der Waals surface area contributed by atoms with Crippen molar-refractivity contribution >= 4 is 0 Å². The molecule has 0 amide bonds. The van der Waals surface area contributed by atoms with E-state index in [4.69, 9.17) is 5.73 Å². The predicted molar refractivity (Wildman–Crippen MR) is 74.1 cm³/mol. The van der Waals surface area contributed by atoms with Gasteiger partial charge in [-0.1, -0.05) is 20.3 Å². The molecule has 0 fully saturated rings. The third-order valence-electron chi connectivity index (χ3n) is 3.31. The maximum atomic E-state index is 9.57. The Labute approximate surface area is 110 Å². The Morgan fingerprint density at radius 3 is 2.50 bits per heavy atom. The minimum Gasteiger partial charge on any atom is -0.395 e. The number of pyridine rings is 1. The summed E-state index contributed by atoms with van der Waals surface area (Å²) in [6, 6.07) is 4.06. The zero-order valence-electron chi connectivity index (χ0n) is 11.4. The summed E-state index contributed by atoms with van der Waals surface area (Å²) in [6.07, 6.45) is 5.58. The Hall–Kier alpha value is -0.970. The Bertz CT molecular complexity index is 318. The smallest absolute Gasteiger partial charge is 0.0602 e. The van der Waals surface area contributed by atoms with Gasteiger partial charge in [-0.25, -0.2) is 0 Å². The molecule has 3 N–H and O–H groups in total. The molecule has 0 aromatic carbocycles. The second-order valence-corrected chi connectivity index (χ2v) is 4.62. The van der Waals surface area contributed by atoms with E-state index in [1.807, 2.05) is 12.1 Å². The molecule has 2 atom stereocenters. The zero-order chi connectivity index (χ0) is 13.4. The topological polar surface area (TPSA) is 62.4 Å². The van der Waals surface area contributed by atoms with Gasteiger partial charge in [0.1, 0.15) is 0 Å². The molecule has 4 nitrogen and oxygen atoms in total. The number of aliphatic hydroxyl groups is 1. The summed E-state index contributed by atoms with van der Waals surface area (Å²) < 4.78 is 0. The number of aromatic nitrogens is 1. The molecular weight excluding hydrogens is 226 g/mol. The minimum absolute atomic E-state index is 0.0294. The van der Waals surface area contributed by atoms with Crippen LogP contribution in [0.2, 0.25) is 0 Å². The summed E-state index contributed by atoms with van der Waals surface area (Å²) in [4.78, 5) is 6.25. The molecule has 0 aliphatic heterocycles. The Morgan fingerprint density at radius 2 is 2.00 bits per heavy atom. The Balaban J connectivity index is 2.68.